The van der Waals surface area contributed by atoms with Crippen LogP contribution in [0.1, 0.15) is 35.0 Å². The fraction of sp³-hybridized carbons (Fsp3) is 0.526. The first-order valence-corrected chi connectivity index (χ1v) is 10.0. The lowest BCUT2D eigenvalue weighted by Gasteiger charge is -2.36. The van der Waals surface area contributed by atoms with Crippen LogP contribution in [0, 0.1) is 0 Å². The first-order chi connectivity index (χ1) is 13.5. The Bertz CT molecular complexity index is 809. The average molecular weight is 407 g/mol. The van der Waals surface area contributed by atoms with Crippen molar-refractivity contribution < 1.29 is 19.5 Å². The van der Waals surface area contributed by atoms with Gasteiger partial charge in [-0.25, -0.2) is 0 Å². The van der Waals surface area contributed by atoms with Gasteiger partial charge in [0.05, 0.1) is 0 Å². The van der Waals surface area contributed by atoms with E-state index in [1.165, 1.54) is 4.90 Å². The molecular formula is C19H23ClN4O4. The molecule has 2 fully saturated rings. The zero-order valence-electron chi connectivity index (χ0n) is 15.4. The molecular weight excluding hydrogens is 384 g/mol. The van der Waals surface area contributed by atoms with Gasteiger partial charge in [0.2, 0.25) is 11.8 Å². The third-order valence-corrected chi connectivity index (χ3v) is 5.89. The minimum Gasteiger partial charge on any atom is -0.369 e. The number of piperidine rings is 1. The predicted molar refractivity (Wildman–Crippen MR) is 103 cm³/mol. The summed E-state index contributed by atoms with van der Waals surface area (Å²) in [5, 5.41) is 13.0. The van der Waals surface area contributed by atoms with Gasteiger partial charge in [0.1, 0.15) is 6.04 Å². The quantitative estimate of drug-likeness (QED) is 0.552. The van der Waals surface area contributed by atoms with E-state index in [1.54, 1.807) is 6.07 Å². The minimum absolute atomic E-state index is 0.154. The molecule has 0 saturated carbocycles. The van der Waals surface area contributed by atoms with E-state index in [4.69, 9.17) is 11.6 Å². The minimum atomic E-state index is -1.19. The lowest BCUT2D eigenvalue weighted by molar-refractivity contribution is -0.139. The second-order valence-corrected chi connectivity index (χ2v) is 7.72. The summed E-state index contributed by atoms with van der Waals surface area (Å²) in [7, 11) is 0. The number of aliphatic hydroxyl groups excluding tert-OH is 1. The largest absolute Gasteiger partial charge is 0.369 e. The molecule has 2 unspecified atom stereocenters. The second-order valence-electron chi connectivity index (χ2n) is 7.34. The number of benzene rings is 1. The van der Waals surface area contributed by atoms with Crippen LogP contribution >= 0.6 is 11.6 Å². The van der Waals surface area contributed by atoms with Gasteiger partial charge in [0.25, 0.3) is 5.91 Å². The van der Waals surface area contributed by atoms with Crippen LogP contribution in [0.25, 0.3) is 0 Å². The van der Waals surface area contributed by atoms with Crippen LogP contribution in [0.2, 0.25) is 0 Å². The predicted octanol–water partition coefficient (Wildman–Crippen LogP) is 0.299. The van der Waals surface area contributed by atoms with Crippen LogP contribution in [-0.4, -0.2) is 77.3 Å². The number of carbonyl (C=O) groups is 3. The number of alkyl halides is 1. The van der Waals surface area contributed by atoms with E-state index in [0.29, 0.717) is 17.0 Å². The smallest absolute Gasteiger partial charge is 0.257 e. The molecule has 0 aliphatic carbocycles. The molecule has 4 rings (SSSR count). The van der Waals surface area contributed by atoms with Crippen molar-refractivity contribution in [1.29, 1.82) is 0 Å². The van der Waals surface area contributed by atoms with Gasteiger partial charge >= 0.3 is 0 Å². The summed E-state index contributed by atoms with van der Waals surface area (Å²) in [5.74, 6) is -0.651. The molecule has 0 radical (unpaired) electrons. The van der Waals surface area contributed by atoms with Crippen molar-refractivity contribution in [2.45, 2.75) is 25.1 Å². The molecule has 150 valence electrons. The number of fused-ring (bicyclic) bond motifs is 1. The second kappa shape index (κ2) is 7.69. The summed E-state index contributed by atoms with van der Waals surface area (Å²) in [6.45, 7) is 4.38. The molecule has 3 aliphatic heterocycles. The molecule has 1 aromatic rings. The number of halogens is 1. The van der Waals surface area contributed by atoms with Crippen molar-refractivity contribution in [2.75, 3.05) is 43.5 Å². The van der Waals surface area contributed by atoms with Gasteiger partial charge in [-0.15, -0.1) is 11.6 Å². The van der Waals surface area contributed by atoms with E-state index in [1.807, 2.05) is 12.1 Å². The van der Waals surface area contributed by atoms with Crippen LogP contribution in [-0.2, 0) is 9.59 Å². The van der Waals surface area contributed by atoms with Crippen LogP contribution in [0.15, 0.2) is 18.2 Å². The highest BCUT2D eigenvalue weighted by Crippen LogP contribution is 2.37. The Morgan fingerprint density at radius 3 is 2.57 bits per heavy atom. The number of aliphatic hydroxyl groups is 1. The normalized spacial score (nSPS) is 25.9. The Balaban J connectivity index is 1.52. The Kier molecular flexibility index (Phi) is 5.27. The molecule has 9 heteroatoms. The van der Waals surface area contributed by atoms with E-state index < -0.39 is 18.2 Å². The highest BCUT2D eigenvalue weighted by Gasteiger charge is 2.44. The Morgan fingerprint density at radius 2 is 1.89 bits per heavy atom. The van der Waals surface area contributed by atoms with Gasteiger partial charge in [-0.05, 0) is 24.6 Å². The highest BCUT2D eigenvalue weighted by atomic mass is 35.5. The maximum absolute atomic E-state index is 12.8. The number of carbonyl (C=O) groups excluding carboxylic acids is 3. The summed E-state index contributed by atoms with van der Waals surface area (Å²) < 4.78 is 0. The Morgan fingerprint density at radius 1 is 1.14 bits per heavy atom. The van der Waals surface area contributed by atoms with E-state index in [-0.39, 0.29) is 24.7 Å². The molecule has 3 amide bonds. The first-order valence-electron chi connectivity index (χ1n) is 9.51. The fourth-order valence-corrected chi connectivity index (χ4v) is 4.40. The molecule has 0 aromatic heterocycles. The lowest BCUT2D eigenvalue weighted by Crippen LogP contribution is -2.53. The van der Waals surface area contributed by atoms with Crippen molar-refractivity contribution >= 4 is 35.0 Å². The maximum Gasteiger partial charge on any atom is 0.257 e. The summed E-state index contributed by atoms with van der Waals surface area (Å²) in [6.07, 6.45) is -0.818. The van der Waals surface area contributed by atoms with Crippen molar-refractivity contribution in [1.82, 2.24) is 15.1 Å². The van der Waals surface area contributed by atoms with Gasteiger partial charge in [0, 0.05) is 61.8 Å². The molecule has 8 nitrogen and oxygen atoms in total. The number of nitrogens with one attached hydrogen (secondary N) is 1. The van der Waals surface area contributed by atoms with E-state index >= 15 is 0 Å². The third kappa shape index (κ3) is 3.36. The van der Waals surface area contributed by atoms with Gasteiger partial charge in [-0.1, -0.05) is 0 Å². The number of rotatable bonds is 4. The van der Waals surface area contributed by atoms with Crippen LogP contribution in [0.5, 0.6) is 0 Å². The van der Waals surface area contributed by atoms with E-state index in [9.17, 15) is 19.5 Å². The molecule has 2 saturated heterocycles. The van der Waals surface area contributed by atoms with Gasteiger partial charge in [0.15, 0.2) is 6.23 Å². The number of piperazine rings is 1. The van der Waals surface area contributed by atoms with E-state index in [2.05, 4.69) is 15.1 Å². The lowest BCUT2D eigenvalue weighted by atomic mass is 10.0. The Labute approximate surface area is 168 Å². The topological polar surface area (TPSA) is 93.2 Å². The number of amides is 3. The third-order valence-electron chi connectivity index (χ3n) is 5.73. The van der Waals surface area contributed by atoms with Crippen molar-refractivity contribution in [3.8, 4) is 0 Å². The first kappa shape index (κ1) is 19.2. The number of hydrogen-bond acceptors (Lipinski definition) is 6. The maximum atomic E-state index is 12.8. The SMILES string of the molecule is O=C1CCC(N2C(=O)c3ccc(N4CCN(CCCl)CC4)cc3C2O)C(=O)N1. The number of hydrogen-bond donors (Lipinski definition) is 2. The molecule has 1 aromatic carbocycles. The number of nitrogens with zero attached hydrogens (tertiary/aromatic N) is 3. The van der Waals surface area contributed by atoms with Crippen LogP contribution in [0.4, 0.5) is 5.69 Å². The van der Waals surface area contributed by atoms with Crippen LogP contribution < -0.4 is 10.2 Å². The zero-order valence-corrected chi connectivity index (χ0v) is 16.2. The van der Waals surface area contributed by atoms with Gasteiger partial charge in [-0.3, -0.25) is 29.5 Å². The highest BCUT2D eigenvalue weighted by molar-refractivity contribution is 6.18. The molecule has 2 atom stereocenters. The summed E-state index contributed by atoms with van der Waals surface area (Å²) in [5.41, 5.74) is 1.86. The van der Waals surface area contributed by atoms with Crippen molar-refractivity contribution in [3.05, 3.63) is 29.3 Å². The number of imide groups is 1. The summed E-state index contributed by atoms with van der Waals surface area (Å²) in [4.78, 5) is 42.1. The molecule has 28 heavy (non-hydrogen) atoms. The van der Waals surface area contributed by atoms with Crippen molar-refractivity contribution in [3.63, 3.8) is 0 Å². The molecule has 3 heterocycles. The molecule has 0 bridgehead atoms. The number of anilines is 1. The monoisotopic (exact) mass is 406 g/mol. The summed E-state index contributed by atoms with van der Waals surface area (Å²) in [6, 6.07) is 4.60. The molecule has 2 N–H and O–H groups in total. The average Bonchev–Trinajstić information content (AvgIpc) is 2.93. The molecule has 0 spiro atoms. The van der Waals surface area contributed by atoms with Gasteiger partial charge < -0.3 is 10.0 Å². The van der Waals surface area contributed by atoms with E-state index in [0.717, 1.165) is 38.4 Å². The summed E-state index contributed by atoms with van der Waals surface area (Å²) >= 11 is 5.81. The van der Waals surface area contributed by atoms with Crippen molar-refractivity contribution in [2.24, 2.45) is 0 Å². The van der Waals surface area contributed by atoms with Crippen LogP contribution in [0.3, 0.4) is 0 Å². The fourth-order valence-electron chi connectivity index (χ4n) is 4.16. The Hall–Kier alpha value is -2.16. The molecule has 3 aliphatic rings. The zero-order chi connectivity index (χ0) is 19.8. The van der Waals surface area contributed by atoms with Gasteiger partial charge in [-0.2, -0.15) is 0 Å². The standard InChI is InChI=1S/C19H23ClN4O4/c20-5-6-22-7-9-23(10-8-22)12-1-2-13-14(11-12)19(28)24(18(13)27)15-3-4-16(25)21-17(15)26/h1-2,11,15,19,28H,3-10H2,(H,21,25,26).